The predicted octanol–water partition coefficient (Wildman–Crippen LogP) is 4.43. The van der Waals surface area contributed by atoms with Gasteiger partial charge in [0.25, 0.3) is 0 Å². The van der Waals surface area contributed by atoms with Crippen LogP contribution in [-0.4, -0.2) is 9.97 Å². The number of aromatic nitrogens is 2. The van der Waals surface area contributed by atoms with E-state index in [9.17, 15) is 0 Å². The largest absolute Gasteiger partial charge is 0.365 e. The maximum absolute atomic E-state index is 4.52. The quantitative estimate of drug-likeness (QED) is 0.791. The minimum atomic E-state index is 0.819. The molecule has 2 heterocycles. The molecule has 0 aliphatic rings. The van der Waals surface area contributed by atoms with Crippen LogP contribution in [0.3, 0.4) is 0 Å². The van der Waals surface area contributed by atoms with Crippen LogP contribution >= 0.6 is 27.3 Å². The van der Waals surface area contributed by atoms with Gasteiger partial charge in [-0.05, 0) is 40.9 Å². The number of rotatable bonds is 6. The molecule has 102 valence electrons. The second-order valence-electron chi connectivity index (χ2n) is 4.32. The molecule has 0 saturated carbocycles. The van der Waals surface area contributed by atoms with E-state index < -0.39 is 0 Å². The fourth-order valence-electron chi connectivity index (χ4n) is 1.78. The molecule has 1 N–H and O–H groups in total. The minimum absolute atomic E-state index is 0.819. The molecule has 0 spiro atoms. The summed E-state index contributed by atoms with van der Waals surface area (Å²) >= 11 is 5.29. The van der Waals surface area contributed by atoms with Crippen LogP contribution in [-0.2, 0) is 19.4 Å². The van der Waals surface area contributed by atoms with E-state index in [1.54, 1.807) is 0 Å². The van der Waals surface area contributed by atoms with Crippen molar-refractivity contribution in [2.24, 2.45) is 0 Å². The molecule has 2 aromatic heterocycles. The van der Waals surface area contributed by atoms with Gasteiger partial charge in [0.15, 0.2) is 0 Å². The third-order valence-corrected chi connectivity index (χ3v) is 4.36. The fourth-order valence-corrected chi connectivity index (χ4v) is 3.09. The van der Waals surface area contributed by atoms with Gasteiger partial charge in [0.05, 0.1) is 6.54 Å². The predicted molar refractivity (Wildman–Crippen MR) is 84.8 cm³/mol. The summed E-state index contributed by atoms with van der Waals surface area (Å²) in [5.41, 5.74) is 0. The Kier molecular flexibility index (Phi) is 5.34. The lowest BCUT2D eigenvalue weighted by Gasteiger charge is -2.06. The first kappa shape index (κ1) is 14.5. The molecule has 0 fully saturated rings. The second kappa shape index (κ2) is 7.01. The highest BCUT2D eigenvalue weighted by molar-refractivity contribution is 9.10. The lowest BCUT2D eigenvalue weighted by molar-refractivity contribution is 0.828. The molecule has 0 radical (unpaired) electrons. The molecule has 19 heavy (non-hydrogen) atoms. The lowest BCUT2D eigenvalue weighted by Crippen LogP contribution is -2.03. The van der Waals surface area contributed by atoms with Crippen LogP contribution in [0, 0.1) is 0 Å². The zero-order chi connectivity index (χ0) is 13.7. The molecule has 0 aliphatic carbocycles. The van der Waals surface area contributed by atoms with Gasteiger partial charge in [-0.3, -0.25) is 0 Å². The van der Waals surface area contributed by atoms with Crippen molar-refractivity contribution in [1.82, 2.24) is 9.97 Å². The Morgan fingerprint density at radius 1 is 1.21 bits per heavy atom. The summed E-state index contributed by atoms with van der Waals surface area (Å²) in [6, 6.07) is 6.30. The van der Waals surface area contributed by atoms with E-state index in [1.807, 2.05) is 17.4 Å². The summed E-state index contributed by atoms with van der Waals surface area (Å²) in [6.07, 6.45) is 3.07. The van der Waals surface area contributed by atoms with Gasteiger partial charge < -0.3 is 5.32 Å². The highest BCUT2D eigenvalue weighted by Crippen LogP contribution is 2.19. The normalized spacial score (nSPS) is 10.7. The van der Waals surface area contributed by atoms with E-state index in [1.165, 1.54) is 9.75 Å². The summed E-state index contributed by atoms with van der Waals surface area (Å²) in [5, 5.41) is 3.37. The van der Waals surface area contributed by atoms with Crippen molar-refractivity contribution >= 4 is 33.1 Å². The van der Waals surface area contributed by atoms with E-state index in [0.29, 0.717) is 0 Å². The zero-order valence-electron chi connectivity index (χ0n) is 11.2. The first-order valence-corrected chi connectivity index (χ1v) is 8.17. The number of thiophene rings is 1. The van der Waals surface area contributed by atoms with Gasteiger partial charge in [-0.15, -0.1) is 11.3 Å². The van der Waals surface area contributed by atoms with Crippen molar-refractivity contribution < 1.29 is 0 Å². The lowest BCUT2D eigenvalue weighted by atomic mass is 10.3. The van der Waals surface area contributed by atoms with Crippen molar-refractivity contribution in [3.8, 4) is 0 Å². The maximum Gasteiger partial charge on any atom is 0.132 e. The highest BCUT2D eigenvalue weighted by Gasteiger charge is 2.03. The van der Waals surface area contributed by atoms with Crippen LogP contribution in [0.5, 0.6) is 0 Å². The summed E-state index contributed by atoms with van der Waals surface area (Å²) < 4.78 is 0.842. The summed E-state index contributed by atoms with van der Waals surface area (Å²) in [4.78, 5) is 11.6. The van der Waals surface area contributed by atoms with Crippen LogP contribution in [0.4, 0.5) is 5.82 Å². The zero-order valence-corrected chi connectivity index (χ0v) is 13.6. The first-order chi connectivity index (χ1) is 9.21. The molecule has 0 bridgehead atoms. The van der Waals surface area contributed by atoms with E-state index in [4.69, 9.17) is 0 Å². The highest BCUT2D eigenvalue weighted by atomic mass is 79.9. The third kappa shape index (κ3) is 4.28. The minimum Gasteiger partial charge on any atom is -0.365 e. The number of nitrogens with one attached hydrogen (secondary N) is 1. The van der Waals surface area contributed by atoms with Crippen LogP contribution < -0.4 is 5.32 Å². The number of hydrogen-bond acceptors (Lipinski definition) is 4. The summed E-state index contributed by atoms with van der Waals surface area (Å²) in [6.45, 7) is 5.14. The average molecular weight is 340 g/mol. The molecule has 5 heteroatoms. The Morgan fingerprint density at radius 2 is 2.00 bits per heavy atom. The molecule has 3 nitrogen and oxygen atoms in total. The van der Waals surface area contributed by atoms with E-state index in [-0.39, 0.29) is 0 Å². The molecular weight excluding hydrogens is 322 g/mol. The average Bonchev–Trinajstić information content (AvgIpc) is 2.84. The van der Waals surface area contributed by atoms with Crippen molar-refractivity contribution in [2.75, 3.05) is 5.32 Å². The Labute approximate surface area is 126 Å². The Bertz CT molecular complexity index is 539. The number of anilines is 1. The molecular formula is C14H18BrN3S. The Balaban J connectivity index is 2.02. The standard InChI is InChI=1S/C14H18BrN3S/c1-3-5-13-17-12(15)8-14(18-13)16-9-11-7-6-10(4-2)19-11/h6-8H,3-5,9H2,1-2H3,(H,16,17,18). The van der Waals surface area contributed by atoms with Crippen molar-refractivity contribution in [3.05, 3.63) is 38.4 Å². The molecule has 0 atom stereocenters. The van der Waals surface area contributed by atoms with Crippen LogP contribution in [0.2, 0.25) is 0 Å². The van der Waals surface area contributed by atoms with Crippen LogP contribution in [0.25, 0.3) is 0 Å². The van der Waals surface area contributed by atoms with Gasteiger partial charge in [0, 0.05) is 22.2 Å². The second-order valence-corrected chi connectivity index (χ2v) is 6.38. The van der Waals surface area contributed by atoms with E-state index >= 15 is 0 Å². The molecule has 0 saturated heterocycles. The topological polar surface area (TPSA) is 37.8 Å². The SMILES string of the molecule is CCCc1nc(Br)cc(NCc2ccc(CC)s2)n1. The van der Waals surface area contributed by atoms with Crippen molar-refractivity contribution in [3.63, 3.8) is 0 Å². The fraction of sp³-hybridized carbons (Fsp3) is 0.429. The molecule has 0 amide bonds. The van der Waals surface area contributed by atoms with Gasteiger partial charge in [-0.1, -0.05) is 13.8 Å². The number of aryl methyl sites for hydroxylation is 2. The van der Waals surface area contributed by atoms with E-state index in [2.05, 4.69) is 57.2 Å². The van der Waals surface area contributed by atoms with Gasteiger partial charge in [0.2, 0.25) is 0 Å². The van der Waals surface area contributed by atoms with Gasteiger partial charge in [-0.2, -0.15) is 0 Å². The summed E-state index contributed by atoms with van der Waals surface area (Å²) in [5.74, 6) is 1.77. The molecule has 0 aromatic carbocycles. The molecule has 0 aliphatic heterocycles. The molecule has 2 aromatic rings. The van der Waals surface area contributed by atoms with Crippen LogP contribution in [0.15, 0.2) is 22.8 Å². The van der Waals surface area contributed by atoms with Crippen molar-refractivity contribution in [1.29, 1.82) is 0 Å². The van der Waals surface area contributed by atoms with Crippen LogP contribution in [0.1, 0.15) is 35.8 Å². The first-order valence-electron chi connectivity index (χ1n) is 6.56. The molecule has 2 rings (SSSR count). The Morgan fingerprint density at radius 3 is 2.68 bits per heavy atom. The number of hydrogen-bond donors (Lipinski definition) is 1. The monoisotopic (exact) mass is 339 g/mol. The van der Waals surface area contributed by atoms with E-state index in [0.717, 1.165) is 42.1 Å². The Hall–Kier alpha value is -0.940. The number of halogens is 1. The maximum atomic E-state index is 4.52. The summed E-state index contributed by atoms with van der Waals surface area (Å²) in [7, 11) is 0. The van der Waals surface area contributed by atoms with Gasteiger partial charge in [0.1, 0.15) is 16.2 Å². The smallest absolute Gasteiger partial charge is 0.132 e. The van der Waals surface area contributed by atoms with Crippen molar-refractivity contribution in [2.45, 2.75) is 39.7 Å². The molecule has 0 unspecified atom stereocenters. The number of nitrogens with zero attached hydrogens (tertiary/aromatic N) is 2. The third-order valence-electron chi connectivity index (χ3n) is 2.72. The van der Waals surface area contributed by atoms with Gasteiger partial charge in [-0.25, -0.2) is 9.97 Å². The van der Waals surface area contributed by atoms with Gasteiger partial charge >= 0.3 is 0 Å².